The molecule has 2 atom stereocenters. The average molecular weight is 154 g/mol. The zero-order valence-electron chi connectivity index (χ0n) is 7.48. The number of nitrogens with one attached hydrogen (secondary N) is 2. The lowest BCUT2D eigenvalue weighted by molar-refractivity contribution is 0.0779. The molecule has 11 heavy (non-hydrogen) atoms. The highest BCUT2D eigenvalue weighted by molar-refractivity contribution is 5.09. The molecule has 2 nitrogen and oxygen atoms in total. The summed E-state index contributed by atoms with van der Waals surface area (Å²) in [5.41, 5.74) is 0.494. The van der Waals surface area contributed by atoms with Crippen LogP contribution in [0.4, 0.5) is 0 Å². The number of hydrogen-bond donors (Lipinski definition) is 2. The van der Waals surface area contributed by atoms with Crippen molar-refractivity contribution in [2.45, 2.75) is 25.8 Å². The van der Waals surface area contributed by atoms with Gasteiger partial charge in [-0.25, -0.2) is 0 Å². The van der Waals surface area contributed by atoms with Crippen LogP contribution in [0.2, 0.25) is 0 Å². The van der Waals surface area contributed by atoms with E-state index in [4.69, 9.17) is 0 Å². The first-order chi connectivity index (χ1) is 5.25. The third-order valence-electron chi connectivity index (χ3n) is 3.38. The Hall–Kier alpha value is -0.0800. The first kappa shape index (κ1) is 7.56. The first-order valence-corrected chi connectivity index (χ1v) is 4.70. The Morgan fingerprint density at radius 1 is 1.45 bits per heavy atom. The van der Waals surface area contributed by atoms with Gasteiger partial charge < -0.3 is 10.6 Å². The van der Waals surface area contributed by atoms with Crippen molar-refractivity contribution in [3.63, 3.8) is 0 Å². The maximum Gasteiger partial charge on any atom is 0.0361 e. The van der Waals surface area contributed by atoms with Crippen molar-refractivity contribution in [3.05, 3.63) is 0 Å². The zero-order chi connectivity index (χ0) is 7.90. The van der Waals surface area contributed by atoms with E-state index in [1.54, 1.807) is 0 Å². The van der Waals surface area contributed by atoms with Gasteiger partial charge in [0, 0.05) is 18.6 Å². The first-order valence-electron chi connectivity index (χ1n) is 4.70. The summed E-state index contributed by atoms with van der Waals surface area (Å²) in [6, 6.07) is 0. The molecule has 2 aliphatic heterocycles. The molecule has 0 saturated carbocycles. The maximum absolute atomic E-state index is 3.59. The minimum Gasteiger partial charge on any atom is -0.315 e. The Morgan fingerprint density at radius 3 is 2.64 bits per heavy atom. The van der Waals surface area contributed by atoms with Crippen molar-refractivity contribution in [2.75, 3.05) is 19.6 Å². The normalized spacial score (nSPS) is 43.4. The molecule has 0 radical (unpaired) electrons. The lowest BCUT2D eigenvalue weighted by atomic mass is 9.70. The molecule has 0 amide bonds. The highest BCUT2D eigenvalue weighted by Crippen LogP contribution is 2.36. The van der Waals surface area contributed by atoms with Gasteiger partial charge in [0.05, 0.1) is 0 Å². The average Bonchev–Trinajstić information content (AvgIpc) is 2.31. The SMILES string of the molecule is CC(C)C1CNC12CCNC2. The summed E-state index contributed by atoms with van der Waals surface area (Å²) in [6.07, 6.45) is 1.33. The van der Waals surface area contributed by atoms with Gasteiger partial charge in [0.15, 0.2) is 0 Å². The van der Waals surface area contributed by atoms with Gasteiger partial charge in [-0.3, -0.25) is 0 Å². The van der Waals surface area contributed by atoms with Crippen LogP contribution in [0, 0.1) is 11.8 Å². The molecule has 2 rings (SSSR count). The molecule has 2 saturated heterocycles. The summed E-state index contributed by atoms with van der Waals surface area (Å²) >= 11 is 0. The third-order valence-corrected chi connectivity index (χ3v) is 3.38. The van der Waals surface area contributed by atoms with Gasteiger partial charge in [-0.15, -0.1) is 0 Å². The molecule has 2 unspecified atom stereocenters. The second-order valence-corrected chi connectivity index (χ2v) is 4.31. The summed E-state index contributed by atoms with van der Waals surface area (Å²) in [5.74, 6) is 1.76. The van der Waals surface area contributed by atoms with E-state index in [2.05, 4.69) is 24.5 Å². The van der Waals surface area contributed by atoms with Crippen LogP contribution in [-0.2, 0) is 0 Å². The fourth-order valence-electron chi connectivity index (χ4n) is 2.56. The topological polar surface area (TPSA) is 24.1 Å². The molecule has 1 spiro atoms. The van der Waals surface area contributed by atoms with E-state index >= 15 is 0 Å². The molecule has 0 aliphatic carbocycles. The van der Waals surface area contributed by atoms with Crippen molar-refractivity contribution in [1.82, 2.24) is 10.6 Å². The van der Waals surface area contributed by atoms with Crippen molar-refractivity contribution >= 4 is 0 Å². The predicted molar refractivity (Wildman–Crippen MR) is 46.5 cm³/mol. The Kier molecular flexibility index (Phi) is 1.69. The van der Waals surface area contributed by atoms with Gasteiger partial charge in [-0.05, 0) is 24.8 Å². The Morgan fingerprint density at radius 2 is 2.27 bits per heavy atom. The largest absolute Gasteiger partial charge is 0.315 e. The predicted octanol–water partition coefficient (Wildman–Crippen LogP) is 0.594. The van der Waals surface area contributed by atoms with Crippen molar-refractivity contribution in [2.24, 2.45) is 11.8 Å². The van der Waals surface area contributed by atoms with Gasteiger partial charge in [-0.1, -0.05) is 13.8 Å². The van der Waals surface area contributed by atoms with Crippen LogP contribution in [0.3, 0.4) is 0 Å². The van der Waals surface area contributed by atoms with Gasteiger partial charge in [-0.2, -0.15) is 0 Å². The molecule has 0 bridgehead atoms. The monoisotopic (exact) mass is 154 g/mol. The molecular weight excluding hydrogens is 136 g/mol. The minimum absolute atomic E-state index is 0.494. The van der Waals surface area contributed by atoms with Gasteiger partial charge >= 0.3 is 0 Å². The van der Waals surface area contributed by atoms with Crippen molar-refractivity contribution in [3.8, 4) is 0 Å². The molecular formula is C9H18N2. The summed E-state index contributed by atoms with van der Waals surface area (Å²) < 4.78 is 0. The van der Waals surface area contributed by atoms with E-state index < -0.39 is 0 Å². The van der Waals surface area contributed by atoms with E-state index in [1.165, 1.54) is 26.1 Å². The van der Waals surface area contributed by atoms with Crippen LogP contribution in [-0.4, -0.2) is 25.2 Å². The maximum atomic E-state index is 3.59. The summed E-state index contributed by atoms with van der Waals surface area (Å²) in [5, 5.41) is 7.03. The van der Waals surface area contributed by atoms with Gasteiger partial charge in [0.25, 0.3) is 0 Å². The van der Waals surface area contributed by atoms with Crippen molar-refractivity contribution < 1.29 is 0 Å². The Bertz CT molecular complexity index is 148. The van der Waals surface area contributed by atoms with Gasteiger partial charge in [0.2, 0.25) is 0 Å². The van der Waals surface area contributed by atoms with Crippen LogP contribution < -0.4 is 10.6 Å². The molecule has 2 fully saturated rings. The summed E-state index contributed by atoms with van der Waals surface area (Å²) in [6.45, 7) is 8.31. The van der Waals surface area contributed by atoms with Crippen LogP contribution in [0.1, 0.15) is 20.3 Å². The molecule has 2 N–H and O–H groups in total. The smallest absolute Gasteiger partial charge is 0.0361 e. The fraction of sp³-hybridized carbons (Fsp3) is 1.00. The van der Waals surface area contributed by atoms with Crippen LogP contribution in [0.15, 0.2) is 0 Å². The molecule has 2 aliphatic rings. The lowest BCUT2D eigenvalue weighted by Crippen LogP contribution is -2.67. The second kappa shape index (κ2) is 2.46. The molecule has 64 valence electrons. The molecule has 0 aromatic carbocycles. The molecule has 0 aromatic rings. The van der Waals surface area contributed by atoms with Crippen LogP contribution in [0.25, 0.3) is 0 Å². The Labute approximate surface area is 68.7 Å². The summed E-state index contributed by atoms with van der Waals surface area (Å²) in [7, 11) is 0. The highest BCUT2D eigenvalue weighted by atomic mass is 15.2. The quantitative estimate of drug-likeness (QED) is 0.578. The fourth-order valence-corrected chi connectivity index (χ4v) is 2.56. The molecule has 2 heterocycles. The van der Waals surface area contributed by atoms with Crippen LogP contribution in [0.5, 0.6) is 0 Å². The second-order valence-electron chi connectivity index (χ2n) is 4.31. The zero-order valence-corrected chi connectivity index (χ0v) is 7.48. The van der Waals surface area contributed by atoms with E-state index in [0.717, 1.165) is 11.8 Å². The molecule has 2 heteroatoms. The Balaban J connectivity index is 2.03. The van der Waals surface area contributed by atoms with Crippen LogP contribution >= 0.6 is 0 Å². The number of hydrogen-bond acceptors (Lipinski definition) is 2. The van der Waals surface area contributed by atoms with Crippen molar-refractivity contribution in [1.29, 1.82) is 0 Å². The standard InChI is InChI=1S/C9H18N2/c1-7(2)8-5-11-9(8)3-4-10-6-9/h7-8,10-11H,3-6H2,1-2H3. The van der Waals surface area contributed by atoms with E-state index in [1.807, 2.05) is 0 Å². The highest BCUT2D eigenvalue weighted by Gasteiger charge is 2.48. The van der Waals surface area contributed by atoms with E-state index in [-0.39, 0.29) is 0 Å². The number of rotatable bonds is 1. The third kappa shape index (κ3) is 1.00. The van der Waals surface area contributed by atoms with E-state index in [9.17, 15) is 0 Å². The van der Waals surface area contributed by atoms with Gasteiger partial charge in [0.1, 0.15) is 0 Å². The summed E-state index contributed by atoms with van der Waals surface area (Å²) in [4.78, 5) is 0. The van der Waals surface area contributed by atoms with E-state index in [0.29, 0.717) is 5.54 Å². The minimum atomic E-state index is 0.494. The molecule has 0 aromatic heterocycles. The lowest BCUT2D eigenvalue weighted by Gasteiger charge is -2.50.